The molecule has 0 saturated heterocycles. The van der Waals surface area contributed by atoms with Crippen LogP contribution in [0.4, 0.5) is 14.5 Å². The SMILES string of the molecule is NCc1ccc(C(=O)Nc2cc(F)c(Br)cc2F)o1. The van der Waals surface area contributed by atoms with Crippen molar-refractivity contribution in [2.45, 2.75) is 6.54 Å². The summed E-state index contributed by atoms with van der Waals surface area (Å²) in [6, 6.07) is 4.75. The van der Waals surface area contributed by atoms with Crippen molar-refractivity contribution in [1.82, 2.24) is 0 Å². The van der Waals surface area contributed by atoms with Crippen LogP contribution < -0.4 is 11.1 Å². The summed E-state index contributed by atoms with van der Waals surface area (Å²) in [6.07, 6.45) is 0. The molecule has 19 heavy (non-hydrogen) atoms. The van der Waals surface area contributed by atoms with Gasteiger partial charge in [-0.1, -0.05) is 0 Å². The van der Waals surface area contributed by atoms with E-state index in [1.165, 1.54) is 12.1 Å². The highest BCUT2D eigenvalue weighted by atomic mass is 79.9. The first kappa shape index (κ1) is 13.7. The van der Waals surface area contributed by atoms with Crippen molar-refractivity contribution in [2.24, 2.45) is 5.73 Å². The third kappa shape index (κ3) is 2.99. The van der Waals surface area contributed by atoms with Gasteiger partial charge in [-0.25, -0.2) is 8.78 Å². The fourth-order valence-corrected chi connectivity index (χ4v) is 1.73. The Morgan fingerprint density at radius 3 is 2.68 bits per heavy atom. The molecule has 0 fully saturated rings. The molecule has 0 aliphatic heterocycles. The first-order valence-corrected chi connectivity index (χ1v) is 6.05. The van der Waals surface area contributed by atoms with Crippen molar-refractivity contribution < 1.29 is 18.0 Å². The van der Waals surface area contributed by atoms with Gasteiger partial charge in [-0.3, -0.25) is 4.79 Å². The Morgan fingerprint density at radius 1 is 1.32 bits per heavy atom. The van der Waals surface area contributed by atoms with E-state index in [4.69, 9.17) is 10.2 Å². The van der Waals surface area contributed by atoms with Crippen LogP contribution in [-0.2, 0) is 6.54 Å². The molecule has 1 heterocycles. The van der Waals surface area contributed by atoms with Crippen molar-refractivity contribution in [3.05, 3.63) is 51.9 Å². The maximum Gasteiger partial charge on any atom is 0.291 e. The molecule has 2 aromatic rings. The number of hydrogen-bond donors (Lipinski definition) is 2. The van der Waals surface area contributed by atoms with E-state index in [1.54, 1.807) is 0 Å². The predicted octanol–water partition coefficient (Wildman–Crippen LogP) is 3.03. The smallest absolute Gasteiger partial charge is 0.291 e. The van der Waals surface area contributed by atoms with Crippen LogP contribution in [0.15, 0.2) is 33.2 Å². The molecule has 1 amide bonds. The Kier molecular flexibility index (Phi) is 3.96. The van der Waals surface area contributed by atoms with Crippen molar-refractivity contribution in [2.75, 3.05) is 5.32 Å². The fraction of sp³-hybridized carbons (Fsp3) is 0.0833. The highest BCUT2D eigenvalue weighted by Crippen LogP contribution is 2.24. The highest BCUT2D eigenvalue weighted by molar-refractivity contribution is 9.10. The first-order valence-electron chi connectivity index (χ1n) is 5.26. The summed E-state index contributed by atoms with van der Waals surface area (Å²) in [4.78, 5) is 11.7. The van der Waals surface area contributed by atoms with Gasteiger partial charge in [-0.05, 0) is 34.1 Å². The number of halogens is 3. The molecule has 0 unspecified atom stereocenters. The Bertz CT molecular complexity index is 628. The molecule has 4 nitrogen and oxygen atoms in total. The van der Waals surface area contributed by atoms with Gasteiger partial charge < -0.3 is 15.5 Å². The van der Waals surface area contributed by atoms with Crippen LogP contribution in [-0.4, -0.2) is 5.91 Å². The summed E-state index contributed by atoms with van der Waals surface area (Å²) in [6.45, 7) is 0.147. The zero-order valence-corrected chi connectivity index (χ0v) is 11.1. The predicted molar refractivity (Wildman–Crippen MR) is 68.6 cm³/mol. The number of carbonyl (C=O) groups is 1. The molecule has 7 heteroatoms. The van der Waals surface area contributed by atoms with Crippen LogP contribution >= 0.6 is 15.9 Å². The quantitative estimate of drug-likeness (QED) is 0.850. The number of nitrogens with two attached hydrogens (primary N) is 1. The molecule has 0 atom stereocenters. The average molecular weight is 331 g/mol. The zero-order chi connectivity index (χ0) is 14.0. The van der Waals surface area contributed by atoms with Crippen LogP contribution in [0.25, 0.3) is 0 Å². The van der Waals surface area contributed by atoms with Crippen LogP contribution in [0.2, 0.25) is 0 Å². The molecule has 0 aliphatic rings. The van der Waals surface area contributed by atoms with Gasteiger partial charge in [0, 0.05) is 6.07 Å². The third-order valence-corrected chi connectivity index (χ3v) is 2.95. The number of benzene rings is 1. The van der Waals surface area contributed by atoms with Gasteiger partial charge in [-0.15, -0.1) is 0 Å². The van der Waals surface area contributed by atoms with E-state index in [0.29, 0.717) is 5.76 Å². The van der Waals surface area contributed by atoms with Gasteiger partial charge in [0.1, 0.15) is 17.4 Å². The van der Waals surface area contributed by atoms with Gasteiger partial charge in [0.25, 0.3) is 5.91 Å². The molecule has 0 saturated carbocycles. The molecule has 1 aromatic heterocycles. The molecule has 100 valence electrons. The lowest BCUT2D eigenvalue weighted by Gasteiger charge is -2.06. The number of amides is 1. The molecule has 2 rings (SSSR count). The molecule has 0 spiro atoms. The zero-order valence-electron chi connectivity index (χ0n) is 9.54. The number of hydrogen-bond acceptors (Lipinski definition) is 3. The van der Waals surface area contributed by atoms with Crippen molar-refractivity contribution in [3.63, 3.8) is 0 Å². The summed E-state index contributed by atoms with van der Waals surface area (Å²) >= 11 is 2.84. The average Bonchev–Trinajstić information content (AvgIpc) is 2.84. The van der Waals surface area contributed by atoms with Crippen LogP contribution in [0.5, 0.6) is 0 Å². The van der Waals surface area contributed by atoms with Crippen molar-refractivity contribution >= 4 is 27.5 Å². The second kappa shape index (κ2) is 5.50. The maximum absolute atomic E-state index is 13.5. The topological polar surface area (TPSA) is 68.3 Å². The van der Waals surface area contributed by atoms with Crippen molar-refractivity contribution in [1.29, 1.82) is 0 Å². The van der Waals surface area contributed by atoms with E-state index >= 15 is 0 Å². The molecular formula is C12H9BrF2N2O2. The molecule has 0 bridgehead atoms. The summed E-state index contributed by atoms with van der Waals surface area (Å²) in [7, 11) is 0. The van der Waals surface area contributed by atoms with Gasteiger partial charge in [0.05, 0.1) is 16.7 Å². The lowest BCUT2D eigenvalue weighted by Crippen LogP contribution is -2.12. The minimum absolute atomic E-state index is 0.0218. The largest absolute Gasteiger partial charge is 0.455 e. The van der Waals surface area contributed by atoms with Gasteiger partial charge >= 0.3 is 0 Å². The lowest BCUT2D eigenvalue weighted by atomic mass is 10.3. The number of rotatable bonds is 3. The minimum atomic E-state index is -0.757. The maximum atomic E-state index is 13.5. The Morgan fingerprint density at radius 2 is 2.05 bits per heavy atom. The molecule has 1 aromatic carbocycles. The van der Waals surface area contributed by atoms with Crippen LogP contribution in [0.3, 0.4) is 0 Å². The van der Waals surface area contributed by atoms with E-state index in [0.717, 1.165) is 12.1 Å². The second-order valence-electron chi connectivity index (χ2n) is 3.67. The number of furan rings is 1. The summed E-state index contributed by atoms with van der Waals surface area (Å²) < 4.78 is 31.9. The summed E-state index contributed by atoms with van der Waals surface area (Å²) in [5, 5.41) is 2.22. The van der Waals surface area contributed by atoms with E-state index < -0.39 is 17.5 Å². The Labute approximate surface area is 115 Å². The second-order valence-corrected chi connectivity index (χ2v) is 4.52. The lowest BCUT2D eigenvalue weighted by molar-refractivity contribution is 0.0994. The third-order valence-electron chi connectivity index (χ3n) is 2.34. The number of anilines is 1. The number of carbonyl (C=O) groups excluding carboxylic acids is 1. The standard InChI is InChI=1S/C12H9BrF2N2O2/c13-7-3-9(15)10(4-8(7)14)17-12(18)11-2-1-6(5-16)19-11/h1-4H,5,16H2,(H,17,18). The van der Waals surface area contributed by atoms with E-state index in [1.807, 2.05) is 0 Å². The minimum Gasteiger partial charge on any atom is -0.455 e. The normalized spacial score (nSPS) is 10.5. The van der Waals surface area contributed by atoms with E-state index in [-0.39, 0.29) is 22.5 Å². The van der Waals surface area contributed by atoms with Gasteiger partial charge in [0.15, 0.2) is 5.76 Å². The molecule has 0 aliphatic carbocycles. The molecule has 3 N–H and O–H groups in total. The first-order chi connectivity index (χ1) is 9.01. The number of nitrogens with one attached hydrogen (secondary N) is 1. The molecular weight excluding hydrogens is 322 g/mol. The van der Waals surface area contributed by atoms with Crippen molar-refractivity contribution in [3.8, 4) is 0 Å². The molecule has 0 radical (unpaired) electrons. The van der Waals surface area contributed by atoms with Crippen LogP contribution in [0, 0.1) is 11.6 Å². The fourth-order valence-electron chi connectivity index (χ4n) is 1.41. The van der Waals surface area contributed by atoms with E-state index in [9.17, 15) is 13.6 Å². The van der Waals surface area contributed by atoms with E-state index in [2.05, 4.69) is 21.2 Å². The Balaban J connectivity index is 2.21. The Hall–Kier alpha value is -1.73. The van der Waals surface area contributed by atoms with Gasteiger partial charge in [0.2, 0.25) is 0 Å². The summed E-state index contributed by atoms with van der Waals surface area (Å²) in [5.74, 6) is -1.72. The highest BCUT2D eigenvalue weighted by Gasteiger charge is 2.15. The van der Waals surface area contributed by atoms with Gasteiger partial charge in [-0.2, -0.15) is 0 Å². The van der Waals surface area contributed by atoms with Crippen LogP contribution in [0.1, 0.15) is 16.3 Å². The summed E-state index contributed by atoms with van der Waals surface area (Å²) in [5.41, 5.74) is 5.07. The monoisotopic (exact) mass is 330 g/mol.